The van der Waals surface area contributed by atoms with Crippen molar-refractivity contribution < 1.29 is 22.7 Å². The van der Waals surface area contributed by atoms with Gasteiger partial charge in [0.25, 0.3) is 0 Å². The van der Waals surface area contributed by atoms with Gasteiger partial charge in [0, 0.05) is 35.1 Å². The molecule has 3 aromatic rings. The van der Waals surface area contributed by atoms with Crippen molar-refractivity contribution in [2.75, 3.05) is 24.2 Å². The Morgan fingerprint density at radius 2 is 1.71 bits per heavy atom. The van der Waals surface area contributed by atoms with Gasteiger partial charge in [-0.15, -0.1) is 0 Å². The summed E-state index contributed by atoms with van der Waals surface area (Å²) >= 11 is 12.6. The molecule has 0 aromatic heterocycles. The summed E-state index contributed by atoms with van der Waals surface area (Å²) in [5, 5.41) is 3.74. The molecule has 0 bridgehead atoms. The lowest BCUT2D eigenvalue weighted by molar-refractivity contribution is -0.140. The van der Waals surface area contributed by atoms with E-state index in [4.69, 9.17) is 27.9 Å². The predicted molar refractivity (Wildman–Crippen MR) is 164 cm³/mol. The lowest BCUT2D eigenvalue weighted by atomic mass is 10.0. The number of benzene rings is 3. The second kappa shape index (κ2) is 14.6. The van der Waals surface area contributed by atoms with Crippen molar-refractivity contribution in [2.24, 2.45) is 0 Å². The molecule has 8 nitrogen and oxygen atoms in total. The molecule has 11 heteroatoms. The maximum Gasteiger partial charge on any atom is 0.244 e. The molecule has 0 spiro atoms. The van der Waals surface area contributed by atoms with E-state index in [2.05, 4.69) is 5.32 Å². The number of nitrogens with zero attached hydrogens (tertiary/aromatic N) is 2. The normalized spacial score (nSPS) is 12.7. The fraction of sp³-hybridized carbons (Fsp3) is 0.333. The van der Waals surface area contributed by atoms with Crippen molar-refractivity contribution in [1.82, 2.24) is 10.2 Å². The van der Waals surface area contributed by atoms with Crippen LogP contribution < -0.4 is 14.4 Å². The highest BCUT2D eigenvalue weighted by molar-refractivity contribution is 7.92. The SMILES string of the molecule is CC[C@@H](C)NC(=O)[C@H](Cc1ccccc1)N(Cc1ccc(Cl)cc1Cl)C(=O)CN(c1cccc(OC)c1)S(C)(=O)=O. The standard InChI is InChI=1S/C30H35Cl2N3O5S/c1-5-21(2)33-30(37)28(16-22-10-7-6-8-11-22)34(19-23-14-15-24(31)17-27(23)32)29(36)20-35(41(4,38)39)25-12-9-13-26(18-25)40-3/h6-15,17-18,21,28H,5,16,19-20H2,1-4H3,(H,33,37)/t21-,28+/m1/s1. The number of carbonyl (C=O) groups excluding carboxylic acids is 2. The number of ether oxygens (including phenoxy) is 1. The van der Waals surface area contributed by atoms with Crippen molar-refractivity contribution in [1.29, 1.82) is 0 Å². The summed E-state index contributed by atoms with van der Waals surface area (Å²) in [6.07, 6.45) is 1.92. The Morgan fingerprint density at radius 1 is 1.00 bits per heavy atom. The van der Waals surface area contributed by atoms with Gasteiger partial charge in [-0.05, 0) is 48.7 Å². The first-order chi connectivity index (χ1) is 19.4. The van der Waals surface area contributed by atoms with Gasteiger partial charge in [-0.2, -0.15) is 0 Å². The summed E-state index contributed by atoms with van der Waals surface area (Å²) in [6, 6.07) is 19.6. The molecular formula is C30H35Cl2N3O5S. The van der Waals surface area contributed by atoms with Crippen LogP contribution in [0.1, 0.15) is 31.4 Å². The number of sulfonamides is 1. The predicted octanol–water partition coefficient (Wildman–Crippen LogP) is 5.32. The van der Waals surface area contributed by atoms with Gasteiger partial charge in [0.05, 0.1) is 19.1 Å². The Labute approximate surface area is 252 Å². The average Bonchev–Trinajstić information content (AvgIpc) is 2.94. The molecular weight excluding hydrogens is 585 g/mol. The highest BCUT2D eigenvalue weighted by Gasteiger charge is 2.33. The Morgan fingerprint density at radius 3 is 2.32 bits per heavy atom. The first-order valence-electron chi connectivity index (χ1n) is 13.1. The van der Waals surface area contributed by atoms with Gasteiger partial charge in [0.2, 0.25) is 21.8 Å². The molecule has 0 radical (unpaired) electrons. The minimum atomic E-state index is -3.90. The number of methoxy groups -OCH3 is 1. The van der Waals surface area contributed by atoms with Crippen LogP contribution >= 0.6 is 23.2 Å². The molecule has 41 heavy (non-hydrogen) atoms. The zero-order chi connectivity index (χ0) is 30.2. The third-order valence-corrected chi connectivity index (χ3v) is 8.38. The zero-order valence-corrected chi connectivity index (χ0v) is 25.8. The number of carbonyl (C=O) groups is 2. The summed E-state index contributed by atoms with van der Waals surface area (Å²) in [5.41, 5.74) is 1.66. The summed E-state index contributed by atoms with van der Waals surface area (Å²) in [7, 11) is -2.43. The molecule has 1 N–H and O–H groups in total. The van der Waals surface area contributed by atoms with E-state index in [9.17, 15) is 18.0 Å². The summed E-state index contributed by atoms with van der Waals surface area (Å²) in [6.45, 7) is 3.24. The van der Waals surface area contributed by atoms with Crippen molar-refractivity contribution in [3.05, 3.63) is 94.0 Å². The summed E-state index contributed by atoms with van der Waals surface area (Å²) in [4.78, 5) is 29.2. The highest BCUT2D eigenvalue weighted by atomic mass is 35.5. The molecule has 2 amide bonds. The highest BCUT2D eigenvalue weighted by Crippen LogP contribution is 2.26. The zero-order valence-electron chi connectivity index (χ0n) is 23.5. The summed E-state index contributed by atoms with van der Waals surface area (Å²) < 4.78 is 32.1. The Bertz CT molecular complexity index is 1450. The first-order valence-corrected chi connectivity index (χ1v) is 15.7. The van der Waals surface area contributed by atoms with Crippen LogP contribution in [0.2, 0.25) is 10.0 Å². The van der Waals surface area contributed by atoms with E-state index in [1.54, 1.807) is 36.4 Å². The first kappa shape index (κ1) is 32.2. The monoisotopic (exact) mass is 619 g/mol. The van der Waals surface area contributed by atoms with Gasteiger partial charge in [0.1, 0.15) is 18.3 Å². The largest absolute Gasteiger partial charge is 0.497 e. The number of anilines is 1. The van der Waals surface area contributed by atoms with E-state index in [0.29, 0.717) is 27.8 Å². The number of amides is 2. The lowest BCUT2D eigenvalue weighted by Gasteiger charge is -2.34. The van der Waals surface area contributed by atoms with E-state index in [0.717, 1.165) is 16.1 Å². The summed E-state index contributed by atoms with van der Waals surface area (Å²) in [5.74, 6) is -0.498. The van der Waals surface area contributed by atoms with Crippen LogP contribution in [-0.4, -0.2) is 57.1 Å². The average molecular weight is 621 g/mol. The molecule has 0 heterocycles. The van der Waals surface area contributed by atoms with Gasteiger partial charge in [-0.1, -0.05) is 72.6 Å². The van der Waals surface area contributed by atoms with Gasteiger partial charge < -0.3 is 15.0 Å². The second-order valence-corrected chi connectivity index (χ2v) is 12.5. The minimum Gasteiger partial charge on any atom is -0.497 e. The number of hydrogen-bond donors (Lipinski definition) is 1. The van der Waals surface area contributed by atoms with E-state index in [1.165, 1.54) is 18.1 Å². The molecule has 0 aliphatic heterocycles. The molecule has 0 aliphatic rings. The molecule has 3 aromatic carbocycles. The van der Waals surface area contributed by atoms with Crippen molar-refractivity contribution in [3.63, 3.8) is 0 Å². The number of halogens is 2. The van der Waals surface area contributed by atoms with Crippen LogP contribution in [0.15, 0.2) is 72.8 Å². The maximum absolute atomic E-state index is 14.1. The number of hydrogen-bond acceptors (Lipinski definition) is 5. The van der Waals surface area contributed by atoms with Crippen LogP contribution in [0, 0.1) is 0 Å². The number of rotatable bonds is 13. The lowest BCUT2D eigenvalue weighted by Crippen LogP contribution is -2.54. The third-order valence-electron chi connectivity index (χ3n) is 6.65. The molecule has 0 saturated carbocycles. The van der Waals surface area contributed by atoms with Crippen LogP contribution in [0.3, 0.4) is 0 Å². The van der Waals surface area contributed by atoms with Crippen molar-refractivity contribution in [3.8, 4) is 5.75 Å². The molecule has 0 fully saturated rings. The Hall–Kier alpha value is -3.27. The van der Waals surface area contributed by atoms with E-state index >= 15 is 0 Å². The minimum absolute atomic E-state index is 0.0457. The second-order valence-electron chi connectivity index (χ2n) is 9.75. The molecule has 0 saturated heterocycles. The Balaban J connectivity index is 2.09. The Kier molecular flexibility index (Phi) is 11.5. The molecule has 0 aliphatic carbocycles. The molecule has 220 valence electrons. The fourth-order valence-corrected chi connectivity index (χ4v) is 5.52. The van der Waals surface area contributed by atoms with Gasteiger partial charge in [0.15, 0.2) is 0 Å². The molecule has 0 unspecified atom stereocenters. The van der Waals surface area contributed by atoms with E-state index < -0.39 is 28.5 Å². The van der Waals surface area contributed by atoms with E-state index in [-0.39, 0.29) is 30.6 Å². The van der Waals surface area contributed by atoms with Gasteiger partial charge in [-0.3, -0.25) is 13.9 Å². The van der Waals surface area contributed by atoms with Gasteiger partial charge in [-0.25, -0.2) is 8.42 Å². The fourth-order valence-electron chi connectivity index (χ4n) is 4.21. The van der Waals surface area contributed by atoms with Crippen molar-refractivity contribution in [2.45, 2.75) is 45.3 Å². The van der Waals surface area contributed by atoms with Crippen molar-refractivity contribution >= 4 is 50.7 Å². The quantitative estimate of drug-likeness (QED) is 0.279. The smallest absolute Gasteiger partial charge is 0.244 e. The van der Waals surface area contributed by atoms with Crippen LogP contribution in [0.5, 0.6) is 5.75 Å². The van der Waals surface area contributed by atoms with Crippen LogP contribution in [0.4, 0.5) is 5.69 Å². The van der Waals surface area contributed by atoms with E-state index in [1.807, 2.05) is 44.2 Å². The van der Waals surface area contributed by atoms with Crippen LogP contribution in [0.25, 0.3) is 0 Å². The van der Waals surface area contributed by atoms with Crippen LogP contribution in [-0.2, 0) is 32.6 Å². The maximum atomic E-state index is 14.1. The topological polar surface area (TPSA) is 96.0 Å². The third kappa shape index (κ3) is 9.11. The molecule has 3 rings (SSSR count). The molecule has 2 atom stereocenters. The number of nitrogens with one attached hydrogen (secondary N) is 1. The van der Waals surface area contributed by atoms with Gasteiger partial charge >= 0.3 is 0 Å².